The zero-order valence-corrected chi connectivity index (χ0v) is 12.1. The third kappa shape index (κ3) is 2.42. The maximum absolute atomic E-state index is 12.8. The van der Waals surface area contributed by atoms with Crippen molar-refractivity contribution in [2.45, 2.75) is 6.18 Å². The Hall–Kier alpha value is -2.55. The van der Waals surface area contributed by atoms with Gasteiger partial charge in [0.2, 0.25) is 0 Å². The van der Waals surface area contributed by atoms with Gasteiger partial charge in [-0.2, -0.15) is 13.2 Å². The molecule has 2 heterocycles. The molecular weight excluding hydrogens is 339 g/mol. The van der Waals surface area contributed by atoms with Crippen molar-refractivity contribution in [3.8, 4) is 5.69 Å². The first-order valence-corrected chi connectivity index (χ1v) is 6.53. The number of hydrogen-bond acceptors (Lipinski definition) is 4. The van der Waals surface area contributed by atoms with Crippen molar-refractivity contribution in [2.75, 3.05) is 0 Å². The summed E-state index contributed by atoms with van der Waals surface area (Å²) in [5.74, 6) is 0. The van der Waals surface area contributed by atoms with Gasteiger partial charge in [-0.15, -0.1) is 0 Å². The van der Waals surface area contributed by atoms with Crippen molar-refractivity contribution in [3.63, 3.8) is 0 Å². The summed E-state index contributed by atoms with van der Waals surface area (Å²) < 4.78 is 44.3. The van der Waals surface area contributed by atoms with Gasteiger partial charge in [-0.1, -0.05) is 16.8 Å². The monoisotopic (exact) mass is 345 g/mol. The van der Waals surface area contributed by atoms with E-state index in [-0.39, 0.29) is 10.8 Å². The summed E-state index contributed by atoms with van der Waals surface area (Å²) in [5.41, 5.74) is -3.19. The Morgan fingerprint density at radius 3 is 2.57 bits per heavy atom. The Labute approximate surface area is 130 Å². The Morgan fingerprint density at radius 1 is 1.22 bits per heavy atom. The summed E-state index contributed by atoms with van der Waals surface area (Å²) in [7, 11) is 0.937. The summed E-state index contributed by atoms with van der Waals surface area (Å²) in [5, 5.41) is 3.85. The fraction of sp³-hybridized carbons (Fsp3) is 0.154. The lowest BCUT2D eigenvalue weighted by Crippen LogP contribution is -2.40. The molecule has 23 heavy (non-hydrogen) atoms. The summed E-state index contributed by atoms with van der Waals surface area (Å²) in [6.45, 7) is 0. The lowest BCUT2D eigenvalue weighted by molar-refractivity contribution is -0.144. The molecule has 0 saturated carbocycles. The number of fused-ring (bicyclic) bond motifs is 1. The molecule has 0 atom stereocenters. The molecule has 0 N–H and O–H groups in total. The normalized spacial score (nSPS) is 12.0. The van der Waals surface area contributed by atoms with Gasteiger partial charge in [0.05, 0.1) is 11.1 Å². The van der Waals surface area contributed by atoms with Gasteiger partial charge in [0.15, 0.2) is 10.7 Å². The molecule has 0 fully saturated rings. The molecular formula is C13H7ClF3N3O3. The van der Waals surface area contributed by atoms with Crippen molar-refractivity contribution in [1.29, 1.82) is 0 Å². The minimum Gasteiger partial charge on any atom is -0.355 e. The van der Waals surface area contributed by atoms with Crippen LogP contribution in [0.3, 0.4) is 0 Å². The van der Waals surface area contributed by atoms with E-state index in [2.05, 4.69) is 5.16 Å². The predicted octanol–water partition coefficient (Wildman–Crippen LogP) is 2.35. The number of rotatable bonds is 1. The summed E-state index contributed by atoms with van der Waals surface area (Å²) in [6, 6.07) is 4.46. The first-order chi connectivity index (χ1) is 10.7. The number of benzene rings is 1. The molecule has 0 amide bonds. The van der Waals surface area contributed by atoms with Gasteiger partial charge in [0.25, 0.3) is 5.56 Å². The van der Waals surface area contributed by atoms with Gasteiger partial charge in [0.1, 0.15) is 5.69 Å². The highest BCUT2D eigenvalue weighted by molar-refractivity contribution is 6.34. The molecule has 3 rings (SSSR count). The second-order valence-corrected chi connectivity index (χ2v) is 5.05. The molecule has 10 heteroatoms. The van der Waals surface area contributed by atoms with E-state index in [1.54, 1.807) is 0 Å². The lowest BCUT2D eigenvalue weighted by atomic mass is 10.2. The zero-order chi connectivity index (χ0) is 16.9. The van der Waals surface area contributed by atoms with Crippen molar-refractivity contribution in [1.82, 2.24) is 14.3 Å². The number of aromatic nitrogens is 3. The molecule has 0 aliphatic rings. The van der Waals surface area contributed by atoms with Crippen LogP contribution in [0.4, 0.5) is 13.2 Å². The topological polar surface area (TPSA) is 70.0 Å². The largest absolute Gasteiger partial charge is 0.431 e. The molecule has 0 unspecified atom stereocenters. The molecule has 120 valence electrons. The fourth-order valence-electron chi connectivity index (χ4n) is 2.17. The van der Waals surface area contributed by atoms with Crippen LogP contribution in [0.1, 0.15) is 5.69 Å². The quantitative estimate of drug-likeness (QED) is 0.679. The molecule has 0 spiro atoms. The molecule has 0 aliphatic carbocycles. The van der Waals surface area contributed by atoms with Crippen LogP contribution in [0.2, 0.25) is 5.15 Å². The van der Waals surface area contributed by atoms with E-state index in [9.17, 15) is 22.8 Å². The summed E-state index contributed by atoms with van der Waals surface area (Å²) >= 11 is 5.80. The van der Waals surface area contributed by atoms with E-state index in [1.807, 2.05) is 0 Å². The average Bonchev–Trinajstić information content (AvgIpc) is 2.83. The van der Waals surface area contributed by atoms with Crippen LogP contribution < -0.4 is 11.2 Å². The fourth-order valence-corrected chi connectivity index (χ4v) is 2.35. The SMILES string of the molecule is Cn1c(C(F)(F)F)cc(=O)n(-c2ccc3onc(Cl)c3c2)c1=O. The van der Waals surface area contributed by atoms with E-state index in [0.717, 1.165) is 7.05 Å². The molecule has 0 radical (unpaired) electrons. The minimum atomic E-state index is -4.81. The summed E-state index contributed by atoms with van der Waals surface area (Å²) in [6.07, 6.45) is -4.81. The highest BCUT2D eigenvalue weighted by atomic mass is 35.5. The first kappa shape index (κ1) is 15.3. The van der Waals surface area contributed by atoms with E-state index in [0.29, 0.717) is 26.2 Å². The zero-order valence-electron chi connectivity index (χ0n) is 11.4. The van der Waals surface area contributed by atoms with Crippen LogP contribution in [-0.4, -0.2) is 14.3 Å². The van der Waals surface area contributed by atoms with Crippen LogP contribution in [0.25, 0.3) is 16.7 Å². The van der Waals surface area contributed by atoms with E-state index in [4.69, 9.17) is 16.1 Å². The molecule has 0 saturated heterocycles. The van der Waals surface area contributed by atoms with Crippen LogP contribution in [0, 0.1) is 0 Å². The van der Waals surface area contributed by atoms with Crippen LogP contribution in [0.5, 0.6) is 0 Å². The second kappa shape index (κ2) is 4.98. The highest BCUT2D eigenvalue weighted by Crippen LogP contribution is 2.27. The van der Waals surface area contributed by atoms with Crippen LogP contribution in [0.15, 0.2) is 38.4 Å². The Balaban J connectivity index is 2.31. The standard InChI is InChI=1S/C13H7ClF3N3O3/c1-19-9(13(15,16)17)5-10(21)20(12(19)22)6-2-3-8-7(4-6)11(14)18-23-8/h2-5H,1H3. The second-order valence-electron chi connectivity index (χ2n) is 4.70. The van der Waals surface area contributed by atoms with E-state index in [1.165, 1.54) is 18.2 Å². The first-order valence-electron chi connectivity index (χ1n) is 6.16. The Morgan fingerprint density at radius 2 is 1.91 bits per heavy atom. The van der Waals surface area contributed by atoms with Gasteiger partial charge >= 0.3 is 11.9 Å². The molecule has 1 aromatic carbocycles. The number of halogens is 4. The van der Waals surface area contributed by atoms with Crippen molar-refractivity contribution in [3.05, 3.63) is 56.0 Å². The molecule has 0 aliphatic heterocycles. The number of nitrogens with zero attached hydrogens (tertiary/aromatic N) is 3. The van der Waals surface area contributed by atoms with E-state index >= 15 is 0 Å². The van der Waals surface area contributed by atoms with Crippen molar-refractivity contribution >= 4 is 22.6 Å². The van der Waals surface area contributed by atoms with Gasteiger partial charge in [-0.05, 0) is 18.2 Å². The summed E-state index contributed by atoms with van der Waals surface area (Å²) in [4.78, 5) is 24.2. The third-order valence-corrected chi connectivity index (χ3v) is 3.55. The van der Waals surface area contributed by atoms with Gasteiger partial charge in [0, 0.05) is 13.1 Å². The van der Waals surface area contributed by atoms with Crippen molar-refractivity contribution in [2.24, 2.45) is 7.05 Å². The average molecular weight is 346 g/mol. The Bertz CT molecular complexity index is 1030. The minimum absolute atomic E-state index is 0.0126. The number of hydrogen-bond donors (Lipinski definition) is 0. The van der Waals surface area contributed by atoms with Crippen molar-refractivity contribution < 1.29 is 17.7 Å². The van der Waals surface area contributed by atoms with Gasteiger partial charge < -0.3 is 4.52 Å². The maximum Gasteiger partial charge on any atom is 0.431 e. The third-order valence-electron chi connectivity index (χ3n) is 3.28. The molecule has 3 aromatic rings. The molecule has 6 nitrogen and oxygen atoms in total. The maximum atomic E-state index is 12.8. The lowest BCUT2D eigenvalue weighted by Gasteiger charge is -2.13. The van der Waals surface area contributed by atoms with Crippen LogP contribution >= 0.6 is 11.6 Å². The molecule has 2 aromatic heterocycles. The molecule has 0 bridgehead atoms. The number of alkyl halides is 3. The van der Waals surface area contributed by atoms with Gasteiger partial charge in [-0.25, -0.2) is 9.36 Å². The highest BCUT2D eigenvalue weighted by Gasteiger charge is 2.35. The van der Waals surface area contributed by atoms with Crippen LogP contribution in [-0.2, 0) is 13.2 Å². The van der Waals surface area contributed by atoms with E-state index < -0.39 is 23.1 Å². The predicted molar refractivity (Wildman–Crippen MR) is 74.9 cm³/mol. The smallest absolute Gasteiger partial charge is 0.355 e. The van der Waals surface area contributed by atoms with Gasteiger partial charge in [-0.3, -0.25) is 9.36 Å². The Kier molecular flexibility index (Phi) is 3.33.